The lowest BCUT2D eigenvalue weighted by atomic mass is 10.0. The van der Waals surface area contributed by atoms with Crippen LogP contribution in [0.3, 0.4) is 0 Å². The first-order valence-electron chi connectivity index (χ1n) is 8.61. The van der Waals surface area contributed by atoms with Gasteiger partial charge in [0, 0.05) is 23.5 Å². The van der Waals surface area contributed by atoms with E-state index in [0.717, 1.165) is 5.56 Å². The predicted octanol–water partition coefficient (Wildman–Crippen LogP) is 4.52. The van der Waals surface area contributed by atoms with E-state index in [4.69, 9.17) is 11.6 Å². The number of halogens is 1. The van der Waals surface area contributed by atoms with E-state index in [9.17, 15) is 9.90 Å². The van der Waals surface area contributed by atoms with E-state index in [-0.39, 0.29) is 18.6 Å². The van der Waals surface area contributed by atoms with Crippen LogP contribution in [0.5, 0.6) is 0 Å². The van der Waals surface area contributed by atoms with Crippen molar-refractivity contribution in [2.75, 3.05) is 17.2 Å². The average molecular weight is 382 g/mol. The smallest absolute Gasteiger partial charge is 0.257 e. The van der Waals surface area contributed by atoms with Gasteiger partial charge in [-0.2, -0.15) is 0 Å². The van der Waals surface area contributed by atoms with E-state index < -0.39 is 0 Å². The summed E-state index contributed by atoms with van der Waals surface area (Å²) < 4.78 is 0. The number of aromatic nitrogens is 1. The largest absolute Gasteiger partial charge is 0.396 e. The summed E-state index contributed by atoms with van der Waals surface area (Å²) in [5.74, 6) is 0.378. The Balaban J connectivity index is 1.68. The fourth-order valence-corrected chi connectivity index (χ4v) is 2.89. The minimum Gasteiger partial charge on any atom is -0.396 e. The predicted molar refractivity (Wildman–Crippen MR) is 108 cm³/mol. The number of carbonyl (C=O) groups excluding carboxylic acids is 1. The number of amides is 1. The Bertz CT molecular complexity index is 885. The molecule has 0 aliphatic rings. The molecule has 27 heavy (non-hydrogen) atoms. The van der Waals surface area contributed by atoms with Crippen molar-refractivity contribution in [3.05, 3.63) is 89.1 Å². The molecule has 0 saturated heterocycles. The van der Waals surface area contributed by atoms with E-state index in [0.29, 0.717) is 28.5 Å². The molecule has 0 aliphatic heterocycles. The number of pyridine rings is 1. The van der Waals surface area contributed by atoms with Crippen molar-refractivity contribution in [2.24, 2.45) is 0 Å². The molecule has 3 aromatic rings. The molecule has 0 fully saturated rings. The highest BCUT2D eigenvalue weighted by atomic mass is 35.5. The van der Waals surface area contributed by atoms with Crippen molar-refractivity contribution < 1.29 is 9.90 Å². The lowest BCUT2D eigenvalue weighted by Crippen LogP contribution is -2.15. The number of aliphatic hydroxyl groups is 1. The summed E-state index contributed by atoms with van der Waals surface area (Å²) in [6, 6.07) is 20.2. The van der Waals surface area contributed by atoms with E-state index in [1.54, 1.807) is 36.4 Å². The molecule has 0 radical (unpaired) electrons. The molecule has 6 heteroatoms. The molecule has 0 spiro atoms. The summed E-state index contributed by atoms with van der Waals surface area (Å²) in [5.41, 5.74) is 2.14. The second kappa shape index (κ2) is 9.16. The highest BCUT2D eigenvalue weighted by Crippen LogP contribution is 2.22. The SMILES string of the molecule is O=C(Nc1cccc(Cl)c1)c1ccc(N[C@H](CCO)c2ccccc2)nc1. The summed E-state index contributed by atoms with van der Waals surface area (Å²) in [5, 5.41) is 16.0. The van der Waals surface area contributed by atoms with Gasteiger partial charge in [0.15, 0.2) is 0 Å². The van der Waals surface area contributed by atoms with Crippen LogP contribution in [-0.4, -0.2) is 22.6 Å². The van der Waals surface area contributed by atoms with Gasteiger partial charge in [0.2, 0.25) is 0 Å². The van der Waals surface area contributed by atoms with E-state index >= 15 is 0 Å². The van der Waals surface area contributed by atoms with Crippen LogP contribution in [0, 0.1) is 0 Å². The minimum atomic E-state index is -0.258. The number of benzene rings is 2. The van der Waals surface area contributed by atoms with Crippen LogP contribution >= 0.6 is 11.6 Å². The third-order valence-corrected chi connectivity index (χ3v) is 4.29. The van der Waals surface area contributed by atoms with Crippen molar-refractivity contribution in [2.45, 2.75) is 12.5 Å². The van der Waals surface area contributed by atoms with Gasteiger partial charge in [0.25, 0.3) is 5.91 Å². The van der Waals surface area contributed by atoms with Crippen LogP contribution in [0.1, 0.15) is 28.4 Å². The van der Waals surface area contributed by atoms with Crippen molar-refractivity contribution in [1.82, 2.24) is 4.98 Å². The van der Waals surface area contributed by atoms with Gasteiger partial charge >= 0.3 is 0 Å². The fraction of sp³-hybridized carbons (Fsp3) is 0.143. The Labute approximate surface area is 163 Å². The van der Waals surface area contributed by atoms with Gasteiger partial charge < -0.3 is 15.7 Å². The third kappa shape index (κ3) is 5.29. The van der Waals surface area contributed by atoms with Gasteiger partial charge in [-0.15, -0.1) is 0 Å². The molecular weight excluding hydrogens is 362 g/mol. The zero-order valence-corrected chi connectivity index (χ0v) is 15.4. The summed E-state index contributed by atoms with van der Waals surface area (Å²) in [6.07, 6.45) is 2.08. The molecule has 0 bridgehead atoms. The maximum absolute atomic E-state index is 12.3. The van der Waals surface area contributed by atoms with Crippen LogP contribution < -0.4 is 10.6 Å². The highest BCUT2D eigenvalue weighted by molar-refractivity contribution is 6.30. The van der Waals surface area contributed by atoms with Gasteiger partial charge in [-0.1, -0.05) is 48.0 Å². The molecule has 3 N–H and O–H groups in total. The lowest BCUT2D eigenvalue weighted by Gasteiger charge is -2.19. The summed E-state index contributed by atoms with van der Waals surface area (Å²) in [6.45, 7) is 0.0622. The molecule has 0 saturated carbocycles. The average Bonchev–Trinajstić information content (AvgIpc) is 2.69. The Morgan fingerprint density at radius 3 is 2.56 bits per heavy atom. The van der Waals surface area contributed by atoms with Crippen molar-refractivity contribution in [3.63, 3.8) is 0 Å². The van der Waals surface area contributed by atoms with Gasteiger partial charge in [-0.25, -0.2) is 4.98 Å². The van der Waals surface area contributed by atoms with E-state index in [1.165, 1.54) is 6.20 Å². The number of hydrogen-bond donors (Lipinski definition) is 3. The maximum atomic E-state index is 12.3. The Hall–Kier alpha value is -2.89. The summed E-state index contributed by atoms with van der Waals surface area (Å²) >= 11 is 5.93. The van der Waals surface area contributed by atoms with Crippen molar-refractivity contribution in [3.8, 4) is 0 Å². The quantitative estimate of drug-likeness (QED) is 0.562. The number of nitrogens with zero attached hydrogens (tertiary/aromatic N) is 1. The first kappa shape index (κ1) is 18.9. The molecular formula is C21H20ClN3O2. The lowest BCUT2D eigenvalue weighted by molar-refractivity contribution is 0.102. The first-order valence-corrected chi connectivity index (χ1v) is 8.99. The second-order valence-corrected chi connectivity index (χ2v) is 6.45. The van der Waals surface area contributed by atoms with Gasteiger partial charge in [0.1, 0.15) is 5.82 Å². The molecule has 138 valence electrons. The maximum Gasteiger partial charge on any atom is 0.257 e. The van der Waals surface area contributed by atoms with Crippen LogP contribution in [0.25, 0.3) is 0 Å². The van der Waals surface area contributed by atoms with E-state index in [2.05, 4.69) is 15.6 Å². The normalized spacial score (nSPS) is 11.6. The molecule has 5 nitrogen and oxygen atoms in total. The molecule has 0 unspecified atom stereocenters. The fourth-order valence-electron chi connectivity index (χ4n) is 2.70. The first-order chi connectivity index (χ1) is 13.2. The molecule has 3 rings (SSSR count). The third-order valence-electron chi connectivity index (χ3n) is 4.05. The van der Waals surface area contributed by atoms with E-state index in [1.807, 2.05) is 30.3 Å². The summed E-state index contributed by atoms with van der Waals surface area (Å²) in [4.78, 5) is 16.7. The number of rotatable bonds is 7. The zero-order chi connectivity index (χ0) is 19.1. The Kier molecular flexibility index (Phi) is 6.41. The zero-order valence-electron chi connectivity index (χ0n) is 14.6. The molecule has 1 aromatic heterocycles. The van der Waals surface area contributed by atoms with Crippen molar-refractivity contribution in [1.29, 1.82) is 0 Å². The summed E-state index contributed by atoms with van der Waals surface area (Å²) in [7, 11) is 0. The molecule has 2 aromatic carbocycles. The molecule has 1 amide bonds. The number of anilines is 2. The molecule has 0 aliphatic carbocycles. The Morgan fingerprint density at radius 2 is 1.89 bits per heavy atom. The van der Waals surface area contributed by atoms with Crippen LogP contribution in [-0.2, 0) is 0 Å². The number of hydrogen-bond acceptors (Lipinski definition) is 4. The second-order valence-electron chi connectivity index (χ2n) is 6.02. The number of aliphatic hydroxyl groups excluding tert-OH is 1. The molecule has 1 atom stereocenters. The standard InChI is InChI=1S/C21H20ClN3O2/c22-17-7-4-8-18(13-17)24-21(27)16-9-10-20(23-14-16)25-19(11-12-26)15-5-2-1-3-6-15/h1-10,13-14,19,26H,11-12H2,(H,23,25)(H,24,27)/t19-/m1/s1. The number of carbonyl (C=O) groups is 1. The van der Waals surface area contributed by atoms with Crippen LogP contribution in [0.15, 0.2) is 72.9 Å². The van der Waals surface area contributed by atoms with Gasteiger partial charge in [-0.3, -0.25) is 4.79 Å². The van der Waals surface area contributed by atoms with Gasteiger partial charge in [-0.05, 0) is 42.3 Å². The Morgan fingerprint density at radius 1 is 1.07 bits per heavy atom. The van der Waals surface area contributed by atoms with Crippen molar-refractivity contribution >= 4 is 29.0 Å². The van der Waals surface area contributed by atoms with Gasteiger partial charge in [0.05, 0.1) is 11.6 Å². The number of nitrogens with one attached hydrogen (secondary N) is 2. The van der Waals surface area contributed by atoms with Crippen LogP contribution in [0.4, 0.5) is 11.5 Å². The highest BCUT2D eigenvalue weighted by Gasteiger charge is 2.12. The monoisotopic (exact) mass is 381 g/mol. The topological polar surface area (TPSA) is 74.2 Å². The molecule has 1 heterocycles. The van der Waals surface area contributed by atoms with Crippen LogP contribution in [0.2, 0.25) is 5.02 Å². The minimum absolute atomic E-state index is 0.0603.